The lowest BCUT2D eigenvalue weighted by Gasteiger charge is -2.26. The van der Waals surface area contributed by atoms with E-state index >= 15 is 0 Å². The van der Waals surface area contributed by atoms with Crippen molar-refractivity contribution in [3.05, 3.63) is 101 Å². The van der Waals surface area contributed by atoms with Gasteiger partial charge in [-0.2, -0.15) is 0 Å². The summed E-state index contributed by atoms with van der Waals surface area (Å²) in [6.07, 6.45) is 0.794. The summed E-state index contributed by atoms with van der Waals surface area (Å²) in [7, 11) is 3.91. The molecule has 1 fully saturated rings. The SMILES string of the molecule is CC1Cc2cc(/C(O)=C3\C(=O)C(=O)N(Cc4ccccc4)C3c3ccc(N(C)C)cc3)ccc2O1. The van der Waals surface area contributed by atoms with Crippen LogP contribution >= 0.6 is 0 Å². The molecule has 3 aromatic carbocycles. The topological polar surface area (TPSA) is 70.1 Å². The number of likely N-dealkylation sites (tertiary alicyclic amines) is 1. The molecule has 2 aliphatic heterocycles. The molecule has 0 saturated carbocycles. The van der Waals surface area contributed by atoms with Crippen LogP contribution in [0.25, 0.3) is 5.76 Å². The summed E-state index contributed by atoms with van der Waals surface area (Å²) in [5, 5.41) is 11.4. The summed E-state index contributed by atoms with van der Waals surface area (Å²) >= 11 is 0. The van der Waals surface area contributed by atoms with E-state index in [-0.39, 0.29) is 24.0 Å². The molecule has 2 heterocycles. The minimum Gasteiger partial charge on any atom is -0.507 e. The molecule has 6 heteroatoms. The number of amides is 1. The maximum Gasteiger partial charge on any atom is 0.295 e. The zero-order valence-corrected chi connectivity index (χ0v) is 20.1. The molecular weight excluding hydrogens is 440 g/mol. The maximum atomic E-state index is 13.3. The maximum absolute atomic E-state index is 13.3. The standard InChI is InChI=1S/C29H28N2O4/c1-18-15-22-16-21(11-14-24(22)35-18)27(32)25-26(20-9-12-23(13-10-20)30(2)3)31(29(34)28(25)33)17-19-7-5-4-6-8-19/h4-14,16,18,26,32H,15,17H2,1-3H3/b27-25+. The van der Waals surface area contributed by atoms with Gasteiger partial charge in [0.25, 0.3) is 11.7 Å². The van der Waals surface area contributed by atoms with E-state index < -0.39 is 17.7 Å². The van der Waals surface area contributed by atoms with Gasteiger partial charge in [0.15, 0.2) is 0 Å². The molecule has 0 spiro atoms. The van der Waals surface area contributed by atoms with Crippen LogP contribution < -0.4 is 9.64 Å². The second-order valence-corrected chi connectivity index (χ2v) is 9.35. The molecule has 2 aliphatic rings. The third-order valence-electron chi connectivity index (χ3n) is 6.63. The van der Waals surface area contributed by atoms with E-state index in [1.165, 1.54) is 0 Å². The van der Waals surface area contributed by atoms with Crippen LogP contribution in [0, 0.1) is 0 Å². The number of carbonyl (C=O) groups excluding carboxylic acids is 2. The molecule has 2 atom stereocenters. The monoisotopic (exact) mass is 468 g/mol. The number of aliphatic hydroxyl groups excluding tert-OH is 1. The van der Waals surface area contributed by atoms with E-state index in [1.54, 1.807) is 11.0 Å². The first-order valence-electron chi connectivity index (χ1n) is 11.7. The zero-order chi connectivity index (χ0) is 24.7. The van der Waals surface area contributed by atoms with Gasteiger partial charge in [-0.3, -0.25) is 9.59 Å². The summed E-state index contributed by atoms with van der Waals surface area (Å²) < 4.78 is 5.78. The number of ether oxygens (including phenoxy) is 1. The Morgan fingerprint density at radius 2 is 1.74 bits per heavy atom. The van der Waals surface area contributed by atoms with E-state index in [0.717, 1.165) is 34.5 Å². The summed E-state index contributed by atoms with van der Waals surface area (Å²) in [6, 6.07) is 22.0. The van der Waals surface area contributed by atoms with Gasteiger partial charge in [-0.05, 0) is 53.9 Å². The number of anilines is 1. The van der Waals surface area contributed by atoms with Gasteiger partial charge in [-0.15, -0.1) is 0 Å². The summed E-state index contributed by atoms with van der Waals surface area (Å²) in [6.45, 7) is 2.25. The molecule has 3 aromatic rings. The number of hydrogen-bond donors (Lipinski definition) is 1. The molecule has 5 rings (SSSR count). The van der Waals surface area contributed by atoms with Gasteiger partial charge < -0.3 is 19.6 Å². The molecule has 35 heavy (non-hydrogen) atoms. The average Bonchev–Trinajstić information content (AvgIpc) is 3.35. The number of carbonyl (C=O) groups is 2. The number of Topliss-reactive ketones (excluding diaryl/α,β-unsaturated/α-hetero) is 1. The third-order valence-corrected chi connectivity index (χ3v) is 6.63. The van der Waals surface area contributed by atoms with Gasteiger partial charge in [0, 0.05) is 38.3 Å². The number of nitrogens with zero attached hydrogens (tertiary/aromatic N) is 2. The molecule has 0 radical (unpaired) electrons. The minimum atomic E-state index is -0.699. The largest absolute Gasteiger partial charge is 0.507 e. The van der Waals surface area contributed by atoms with Gasteiger partial charge in [0.05, 0.1) is 11.6 Å². The van der Waals surface area contributed by atoms with Gasteiger partial charge in [0.2, 0.25) is 0 Å². The lowest BCUT2D eigenvalue weighted by molar-refractivity contribution is -0.140. The predicted molar refractivity (Wildman–Crippen MR) is 135 cm³/mol. The number of rotatable bonds is 5. The smallest absolute Gasteiger partial charge is 0.295 e. The molecule has 178 valence electrons. The van der Waals surface area contributed by atoms with E-state index in [4.69, 9.17) is 4.74 Å². The second kappa shape index (κ2) is 8.95. The van der Waals surface area contributed by atoms with Crippen molar-refractivity contribution >= 4 is 23.1 Å². The molecular formula is C29H28N2O4. The Kier molecular flexibility index (Phi) is 5.81. The molecule has 6 nitrogen and oxygen atoms in total. The van der Waals surface area contributed by atoms with Crippen LogP contribution in [0.2, 0.25) is 0 Å². The van der Waals surface area contributed by atoms with Crippen LogP contribution in [0.5, 0.6) is 5.75 Å². The predicted octanol–water partition coefficient (Wildman–Crippen LogP) is 4.70. The summed E-state index contributed by atoms with van der Waals surface area (Å²) in [4.78, 5) is 30.1. The number of ketones is 1. The van der Waals surface area contributed by atoms with Crippen LogP contribution in [0.1, 0.15) is 35.2 Å². The fraction of sp³-hybridized carbons (Fsp3) is 0.241. The Morgan fingerprint density at radius 1 is 1.03 bits per heavy atom. The highest BCUT2D eigenvalue weighted by atomic mass is 16.5. The normalized spacial score (nSPS) is 20.6. The molecule has 0 bridgehead atoms. The van der Waals surface area contributed by atoms with Crippen LogP contribution in [0.3, 0.4) is 0 Å². The first-order valence-corrected chi connectivity index (χ1v) is 11.7. The minimum absolute atomic E-state index is 0.0639. The van der Waals surface area contributed by atoms with E-state index in [0.29, 0.717) is 5.56 Å². The number of fused-ring (bicyclic) bond motifs is 1. The van der Waals surface area contributed by atoms with E-state index in [1.807, 2.05) is 92.6 Å². The van der Waals surface area contributed by atoms with Crippen molar-refractivity contribution in [3.8, 4) is 5.75 Å². The zero-order valence-electron chi connectivity index (χ0n) is 20.1. The molecule has 1 amide bonds. The van der Waals surface area contributed by atoms with Crippen LogP contribution in [-0.4, -0.2) is 41.9 Å². The first-order chi connectivity index (χ1) is 16.8. The fourth-order valence-corrected chi connectivity index (χ4v) is 4.85. The van der Waals surface area contributed by atoms with E-state index in [9.17, 15) is 14.7 Å². The highest BCUT2D eigenvalue weighted by Crippen LogP contribution is 2.41. The van der Waals surface area contributed by atoms with Crippen molar-refractivity contribution in [1.82, 2.24) is 4.90 Å². The quantitative estimate of drug-likeness (QED) is 0.334. The molecule has 0 aromatic heterocycles. The highest BCUT2D eigenvalue weighted by Gasteiger charge is 2.46. The van der Waals surface area contributed by atoms with Crippen molar-refractivity contribution in [2.24, 2.45) is 0 Å². The number of benzene rings is 3. The van der Waals surface area contributed by atoms with Crippen molar-refractivity contribution in [3.63, 3.8) is 0 Å². The van der Waals surface area contributed by atoms with Gasteiger partial charge in [0.1, 0.15) is 17.6 Å². The van der Waals surface area contributed by atoms with Gasteiger partial charge in [-0.25, -0.2) is 0 Å². The first kappa shape index (κ1) is 22.7. The lowest BCUT2D eigenvalue weighted by atomic mass is 9.94. The third kappa shape index (κ3) is 4.16. The van der Waals surface area contributed by atoms with Crippen LogP contribution in [-0.2, 0) is 22.6 Å². The summed E-state index contributed by atoms with van der Waals surface area (Å²) in [5.74, 6) is -0.669. The number of hydrogen-bond acceptors (Lipinski definition) is 5. The van der Waals surface area contributed by atoms with Crippen molar-refractivity contribution < 1.29 is 19.4 Å². The Bertz CT molecular complexity index is 1310. The van der Waals surface area contributed by atoms with Crippen molar-refractivity contribution in [1.29, 1.82) is 0 Å². The molecule has 0 aliphatic carbocycles. The van der Waals surface area contributed by atoms with Crippen LogP contribution in [0.15, 0.2) is 78.4 Å². The summed E-state index contributed by atoms with van der Waals surface area (Å²) in [5.41, 5.74) is 4.27. The highest BCUT2D eigenvalue weighted by molar-refractivity contribution is 6.46. The van der Waals surface area contributed by atoms with Crippen LogP contribution in [0.4, 0.5) is 5.69 Å². The average molecular weight is 469 g/mol. The lowest BCUT2D eigenvalue weighted by Crippen LogP contribution is -2.29. The number of aliphatic hydroxyl groups is 1. The Labute approximate surface area is 205 Å². The van der Waals surface area contributed by atoms with Crippen molar-refractivity contribution in [2.75, 3.05) is 19.0 Å². The van der Waals surface area contributed by atoms with Crippen molar-refractivity contribution in [2.45, 2.75) is 32.0 Å². The molecule has 2 unspecified atom stereocenters. The Morgan fingerprint density at radius 3 is 2.43 bits per heavy atom. The van der Waals surface area contributed by atoms with E-state index in [2.05, 4.69) is 0 Å². The fourth-order valence-electron chi connectivity index (χ4n) is 4.85. The molecule has 1 N–H and O–H groups in total. The Balaban J connectivity index is 1.62. The van der Waals surface area contributed by atoms with Gasteiger partial charge >= 0.3 is 0 Å². The second-order valence-electron chi connectivity index (χ2n) is 9.35. The Hall–Kier alpha value is -4.06. The van der Waals surface area contributed by atoms with Gasteiger partial charge in [-0.1, -0.05) is 42.5 Å². The molecule has 1 saturated heterocycles.